The minimum absolute atomic E-state index is 0.457. The van der Waals surface area contributed by atoms with Crippen molar-refractivity contribution >= 4 is 0 Å². The van der Waals surface area contributed by atoms with Crippen molar-refractivity contribution in [3.05, 3.63) is 0 Å². The van der Waals surface area contributed by atoms with Crippen LogP contribution in [0, 0.1) is 0 Å². The van der Waals surface area contributed by atoms with E-state index in [-0.39, 0.29) is 0 Å². The molecule has 0 spiro atoms. The maximum atomic E-state index is 9.51. The highest BCUT2D eigenvalue weighted by Gasteiger charge is 2.16. The first-order valence-electron chi connectivity index (χ1n) is 3.93. The van der Waals surface area contributed by atoms with Gasteiger partial charge in [0.15, 0.2) is 0 Å². The highest BCUT2D eigenvalue weighted by molar-refractivity contribution is 4.73. The van der Waals surface area contributed by atoms with E-state index in [1.165, 1.54) is 0 Å². The molecule has 0 radical (unpaired) electrons. The van der Waals surface area contributed by atoms with Gasteiger partial charge >= 0.3 is 0 Å². The van der Waals surface area contributed by atoms with E-state index >= 15 is 0 Å². The van der Waals surface area contributed by atoms with Crippen molar-refractivity contribution in [2.75, 3.05) is 6.54 Å². The van der Waals surface area contributed by atoms with Gasteiger partial charge in [0.05, 0.1) is 5.60 Å². The summed E-state index contributed by atoms with van der Waals surface area (Å²) < 4.78 is 0. The average molecular weight is 145 g/mol. The van der Waals surface area contributed by atoms with Crippen LogP contribution < -0.4 is 5.32 Å². The molecule has 0 aromatic carbocycles. The topological polar surface area (TPSA) is 32.3 Å². The lowest BCUT2D eigenvalue weighted by Crippen LogP contribution is -2.40. The van der Waals surface area contributed by atoms with Gasteiger partial charge in [0, 0.05) is 12.6 Å². The summed E-state index contributed by atoms with van der Waals surface area (Å²) in [7, 11) is 0. The lowest BCUT2D eigenvalue weighted by molar-refractivity contribution is 0.0539. The summed E-state index contributed by atoms with van der Waals surface area (Å²) in [5.41, 5.74) is -0.537. The third-order valence-corrected chi connectivity index (χ3v) is 1.65. The fourth-order valence-corrected chi connectivity index (χ4v) is 0.549. The van der Waals surface area contributed by atoms with E-state index in [9.17, 15) is 5.11 Å². The fourth-order valence-electron chi connectivity index (χ4n) is 0.549. The summed E-state index contributed by atoms with van der Waals surface area (Å²) in [6.07, 6.45) is 0.798. The number of rotatable bonds is 4. The molecule has 0 saturated heterocycles. The summed E-state index contributed by atoms with van der Waals surface area (Å²) in [4.78, 5) is 0. The SMILES string of the molecule is CCC(C)(O)CNC(C)C. The highest BCUT2D eigenvalue weighted by Crippen LogP contribution is 2.05. The Morgan fingerprint density at radius 3 is 2.30 bits per heavy atom. The van der Waals surface area contributed by atoms with E-state index in [1.807, 2.05) is 13.8 Å². The number of hydrogen-bond donors (Lipinski definition) is 2. The second-order valence-corrected chi connectivity index (χ2v) is 3.39. The van der Waals surface area contributed by atoms with Gasteiger partial charge in [0.2, 0.25) is 0 Å². The number of nitrogens with one attached hydrogen (secondary N) is 1. The first-order chi connectivity index (χ1) is 4.48. The quantitative estimate of drug-likeness (QED) is 0.622. The summed E-state index contributed by atoms with van der Waals surface area (Å²) >= 11 is 0. The van der Waals surface area contributed by atoms with Crippen LogP contribution in [-0.2, 0) is 0 Å². The Labute approximate surface area is 63.6 Å². The molecule has 0 amide bonds. The molecule has 2 N–H and O–H groups in total. The molecule has 0 rings (SSSR count). The Balaban J connectivity index is 3.46. The van der Waals surface area contributed by atoms with Gasteiger partial charge in [-0.1, -0.05) is 20.8 Å². The monoisotopic (exact) mass is 145 g/mol. The maximum Gasteiger partial charge on any atom is 0.0741 e. The van der Waals surface area contributed by atoms with Crippen molar-refractivity contribution < 1.29 is 5.11 Å². The van der Waals surface area contributed by atoms with Crippen LogP contribution in [0.4, 0.5) is 0 Å². The average Bonchev–Trinajstić information content (AvgIpc) is 1.85. The number of aliphatic hydroxyl groups is 1. The Kier molecular flexibility index (Phi) is 3.91. The molecule has 2 nitrogen and oxygen atoms in total. The Morgan fingerprint density at radius 1 is 1.50 bits per heavy atom. The molecular weight excluding hydrogens is 126 g/mol. The van der Waals surface area contributed by atoms with Gasteiger partial charge in [-0.2, -0.15) is 0 Å². The van der Waals surface area contributed by atoms with Crippen LogP contribution in [0.25, 0.3) is 0 Å². The van der Waals surface area contributed by atoms with Gasteiger partial charge in [-0.25, -0.2) is 0 Å². The van der Waals surface area contributed by atoms with E-state index in [0.717, 1.165) is 6.42 Å². The summed E-state index contributed by atoms with van der Waals surface area (Å²) in [5.74, 6) is 0. The molecule has 0 aromatic heterocycles. The molecule has 0 bridgehead atoms. The molecule has 10 heavy (non-hydrogen) atoms. The van der Waals surface area contributed by atoms with Gasteiger partial charge in [0.25, 0.3) is 0 Å². The molecule has 62 valence electrons. The molecule has 0 fully saturated rings. The van der Waals surface area contributed by atoms with Crippen LogP contribution in [0.1, 0.15) is 34.1 Å². The fraction of sp³-hybridized carbons (Fsp3) is 1.00. The summed E-state index contributed by atoms with van der Waals surface area (Å²) in [6, 6.07) is 0.457. The van der Waals surface area contributed by atoms with E-state index in [1.54, 1.807) is 0 Å². The van der Waals surface area contributed by atoms with Gasteiger partial charge in [0.1, 0.15) is 0 Å². The largest absolute Gasteiger partial charge is 0.389 e. The normalized spacial score (nSPS) is 17.4. The van der Waals surface area contributed by atoms with E-state index in [0.29, 0.717) is 12.6 Å². The van der Waals surface area contributed by atoms with Crippen LogP contribution in [0.5, 0.6) is 0 Å². The van der Waals surface area contributed by atoms with Crippen LogP contribution >= 0.6 is 0 Å². The first kappa shape index (κ1) is 9.92. The molecule has 1 atom stereocenters. The van der Waals surface area contributed by atoms with Crippen molar-refractivity contribution in [1.29, 1.82) is 0 Å². The van der Waals surface area contributed by atoms with Crippen LogP contribution in [0.2, 0.25) is 0 Å². The third kappa shape index (κ3) is 4.77. The van der Waals surface area contributed by atoms with Gasteiger partial charge < -0.3 is 10.4 Å². The molecule has 0 aliphatic rings. The third-order valence-electron chi connectivity index (χ3n) is 1.65. The molecule has 2 heteroatoms. The van der Waals surface area contributed by atoms with Crippen molar-refractivity contribution in [2.45, 2.75) is 45.8 Å². The van der Waals surface area contributed by atoms with Crippen LogP contribution in [-0.4, -0.2) is 23.3 Å². The standard InChI is InChI=1S/C8H19NO/c1-5-8(4,10)6-9-7(2)3/h7,9-10H,5-6H2,1-4H3. The molecule has 0 aliphatic heterocycles. The second-order valence-electron chi connectivity index (χ2n) is 3.39. The maximum absolute atomic E-state index is 9.51. The number of hydrogen-bond acceptors (Lipinski definition) is 2. The summed E-state index contributed by atoms with van der Waals surface area (Å²) in [6.45, 7) is 8.67. The van der Waals surface area contributed by atoms with Gasteiger partial charge in [-0.15, -0.1) is 0 Å². The van der Waals surface area contributed by atoms with Crippen LogP contribution in [0.3, 0.4) is 0 Å². The predicted molar refractivity (Wildman–Crippen MR) is 44.1 cm³/mol. The zero-order valence-electron chi connectivity index (χ0n) is 7.44. The van der Waals surface area contributed by atoms with Crippen molar-refractivity contribution in [2.24, 2.45) is 0 Å². The van der Waals surface area contributed by atoms with Crippen molar-refractivity contribution in [1.82, 2.24) is 5.32 Å². The minimum Gasteiger partial charge on any atom is -0.389 e. The minimum atomic E-state index is -0.537. The van der Waals surface area contributed by atoms with Gasteiger partial charge in [-0.3, -0.25) is 0 Å². The zero-order chi connectivity index (χ0) is 8.20. The lowest BCUT2D eigenvalue weighted by Gasteiger charge is -2.22. The Bertz CT molecular complexity index is 89.3. The van der Waals surface area contributed by atoms with E-state index in [2.05, 4.69) is 19.2 Å². The van der Waals surface area contributed by atoms with Crippen LogP contribution in [0.15, 0.2) is 0 Å². The first-order valence-corrected chi connectivity index (χ1v) is 3.93. The molecular formula is C8H19NO. The smallest absolute Gasteiger partial charge is 0.0741 e. The predicted octanol–water partition coefficient (Wildman–Crippen LogP) is 1.15. The lowest BCUT2D eigenvalue weighted by atomic mass is 10.0. The molecule has 1 unspecified atom stereocenters. The summed E-state index contributed by atoms with van der Waals surface area (Å²) in [5, 5.41) is 12.7. The second kappa shape index (κ2) is 3.94. The van der Waals surface area contributed by atoms with Crippen molar-refractivity contribution in [3.8, 4) is 0 Å². The van der Waals surface area contributed by atoms with Gasteiger partial charge in [-0.05, 0) is 13.3 Å². The zero-order valence-corrected chi connectivity index (χ0v) is 7.44. The van der Waals surface area contributed by atoms with E-state index < -0.39 is 5.60 Å². The highest BCUT2D eigenvalue weighted by atomic mass is 16.3. The Hall–Kier alpha value is -0.0800. The molecule has 0 saturated carbocycles. The molecule has 0 aliphatic carbocycles. The molecule has 0 aromatic rings. The van der Waals surface area contributed by atoms with E-state index in [4.69, 9.17) is 0 Å². The Morgan fingerprint density at radius 2 is 2.00 bits per heavy atom. The van der Waals surface area contributed by atoms with Crippen molar-refractivity contribution in [3.63, 3.8) is 0 Å². The molecule has 0 heterocycles.